The minimum atomic E-state index is 0.218. The van der Waals surface area contributed by atoms with Gasteiger partial charge in [-0.1, -0.05) is 0 Å². The summed E-state index contributed by atoms with van der Waals surface area (Å²) in [6.45, 7) is 5.54. The molecule has 0 aromatic heterocycles. The van der Waals surface area contributed by atoms with E-state index in [0.29, 0.717) is 12.6 Å². The van der Waals surface area contributed by atoms with Gasteiger partial charge in [-0.05, 0) is 34.0 Å². The molecule has 1 aliphatic heterocycles. The Hall–Kier alpha value is -0.610. The van der Waals surface area contributed by atoms with E-state index < -0.39 is 0 Å². The van der Waals surface area contributed by atoms with E-state index >= 15 is 0 Å². The second-order valence-electron chi connectivity index (χ2n) is 4.08. The van der Waals surface area contributed by atoms with Crippen LogP contribution in [0.25, 0.3) is 0 Å². The lowest BCUT2D eigenvalue weighted by Crippen LogP contribution is -2.45. The van der Waals surface area contributed by atoms with Crippen LogP contribution in [-0.2, 0) is 4.79 Å². The summed E-state index contributed by atoms with van der Waals surface area (Å²) in [5.74, 6) is 0.218. The lowest BCUT2D eigenvalue weighted by atomic mass is 10.2. The number of likely N-dealkylation sites (N-methyl/N-ethyl adjacent to an activating group) is 2. The summed E-state index contributed by atoms with van der Waals surface area (Å²) < 4.78 is 0. The number of rotatable bonds is 2. The molecule has 1 heterocycles. The third-order valence-electron chi connectivity index (χ3n) is 2.70. The normalized spacial score (nSPS) is 24.8. The number of hydrogen-bond donors (Lipinski definition) is 1. The van der Waals surface area contributed by atoms with Crippen LogP contribution in [0.4, 0.5) is 0 Å². The summed E-state index contributed by atoms with van der Waals surface area (Å²) in [7, 11) is 3.93. The molecule has 0 saturated carbocycles. The molecule has 1 atom stereocenters. The molecule has 0 aromatic carbocycles. The molecule has 1 unspecified atom stereocenters. The summed E-state index contributed by atoms with van der Waals surface area (Å²) in [5, 5.41) is 2.91. The van der Waals surface area contributed by atoms with Crippen LogP contribution < -0.4 is 5.32 Å². The van der Waals surface area contributed by atoms with Crippen molar-refractivity contribution in [2.24, 2.45) is 0 Å². The maximum atomic E-state index is 11.7. The second-order valence-corrected chi connectivity index (χ2v) is 4.08. The van der Waals surface area contributed by atoms with Crippen molar-refractivity contribution in [3.05, 3.63) is 0 Å². The fourth-order valence-corrected chi connectivity index (χ4v) is 2.00. The van der Waals surface area contributed by atoms with Crippen molar-refractivity contribution in [2.75, 3.05) is 40.3 Å². The Morgan fingerprint density at radius 2 is 2.21 bits per heavy atom. The Morgan fingerprint density at radius 3 is 2.86 bits per heavy atom. The van der Waals surface area contributed by atoms with Crippen LogP contribution in [0, 0.1) is 0 Å². The first kappa shape index (κ1) is 11.5. The molecule has 1 saturated heterocycles. The van der Waals surface area contributed by atoms with Gasteiger partial charge in [0.05, 0.1) is 6.54 Å². The average molecular weight is 199 g/mol. The highest BCUT2D eigenvalue weighted by Gasteiger charge is 2.22. The summed E-state index contributed by atoms with van der Waals surface area (Å²) in [4.78, 5) is 16.0. The third kappa shape index (κ3) is 2.96. The number of hydrogen-bond acceptors (Lipinski definition) is 3. The lowest BCUT2D eigenvalue weighted by Gasteiger charge is -2.28. The first-order chi connectivity index (χ1) is 6.65. The van der Waals surface area contributed by atoms with Crippen molar-refractivity contribution in [2.45, 2.75) is 19.4 Å². The van der Waals surface area contributed by atoms with Crippen LogP contribution in [0.15, 0.2) is 0 Å². The van der Waals surface area contributed by atoms with E-state index in [9.17, 15) is 4.79 Å². The zero-order valence-corrected chi connectivity index (χ0v) is 9.42. The maximum Gasteiger partial charge on any atom is 0.236 e. The highest BCUT2D eigenvalue weighted by Crippen LogP contribution is 2.08. The Morgan fingerprint density at radius 1 is 1.50 bits per heavy atom. The minimum Gasteiger partial charge on any atom is -0.338 e. The van der Waals surface area contributed by atoms with Crippen LogP contribution in [0.3, 0.4) is 0 Å². The van der Waals surface area contributed by atoms with Gasteiger partial charge in [-0.25, -0.2) is 0 Å². The monoisotopic (exact) mass is 199 g/mol. The van der Waals surface area contributed by atoms with Gasteiger partial charge < -0.3 is 15.1 Å². The Bertz CT molecular complexity index is 196. The van der Waals surface area contributed by atoms with Crippen molar-refractivity contribution in [1.29, 1.82) is 0 Å². The highest BCUT2D eigenvalue weighted by molar-refractivity contribution is 5.78. The third-order valence-corrected chi connectivity index (χ3v) is 2.70. The number of carbonyl (C=O) groups excluding carboxylic acids is 1. The summed E-state index contributed by atoms with van der Waals surface area (Å²) >= 11 is 0. The van der Waals surface area contributed by atoms with Crippen LogP contribution in [0.5, 0.6) is 0 Å². The molecule has 0 radical (unpaired) electrons. The zero-order chi connectivity index (χ0) is 10.6. The Balaban J connectivity index is 2.53. The molecule has 0 bridgehead atoms. The van der Waals surface area contributed by atoms with Crippen LogP contribution in [-0.4, -0.2) is 62.0 Å². The fraction of sp³-hybridized carbons (Fsp3) is 0.900. The maximum absolute atomic E-state index is 11.7. The van der Waals surface area contributed by atoms with Gasteiger partial charge >= 0.3 is 0 Å². The Kier molecular flexibility index (Phi) is 4.35. The first-order valence-corrected chi connectivity index (χ1v) is 5.27. The quantitative estimate of drug-likeness (QED) is 0.666. The van der Waals surface area contributed by atoms with E-state index in [1.165, 1.54) is 0 Å². The molecule has 82 valence electrons. The summed E-state index contributed by atoms with van der Waals surface area (Å²) in [5.41, 5.74) is 0. The topological polar surface area (TPSA) is 35.6 Å². The molecule has 4 heteroatoms. The number of nitrogens with zero attached hydrogens (tertiary/aromatic N) is 2. The minimum absolute atomic E-state index is 0.218. The molecule has 1 amide bonds. The molecule has 1 rings (SSSR count). The molecule has 0 aliphatic carbocycles. The average Bonchev–Trinajstić information content (AvgIpc) is 2.27. The standard InChI is InChI=1S/C10H21N3O/c1-9-8-12(3)5-4-6-13(9)10(14)7-11-2/h9,11H,4-8H2,1-3H3. The SMILES string of the molecule is CNCC(=O)N1CCCN(C)CC1C. The van der Waals surface area contributed by atoms with Gasteiger partial charge in [0.15, 0.2) is 0 Å². The molecule has 0 aromatic rings. The van der Waals surface area contributed by atoms with Crippen molar-refractivity contribution >= 4 is 5.91 Å². The van der Waals surface area contributed by atoms with Crippen molar-refractivity contribution in [3.8, 4) is 0 Å². The molecule has 1 aliphatic rings. The summed E-state index contributed by atoms with van der Waals surface area (Å²) in [6, 6.07) is 0.336. The van der Waals surface area contributed by atoms with Gasteiger partial charge in [0.1, 0.15) is 0 Å². The van der Waals surface area contributed by atoms with E-state index in [4.69, 9.17) is 0 Å². The van der Waals surface area contributed by atoms with E-state index in [0.717, 1.165) is 26.1 Å². The summed E-state index contributed by atoms with van der Waals surface area (Å²) in [6.07, 6.45) is 1.08. The zero-order valence-electron chi connectivity index (χ0n) is 9.42. The number of amides is 1. The number of nitrogens with one attached hydrogen (secondary N) is 1. The van der Waals surface area contributed by atoms with Gasteiger partial charge in [-0.3, -0.25) is 4.79 Å². The van der Waals surface area contributed by atoms with Crippen LogP contribution in [0.2, 0.25) is 0 Å². The highest BCUT2D eigenvalue weighted by atomic mass is 16.2. The van der Waals surface area contributed by atoms with E-state index in [2.05, 4.69) is 24.2 Å². The van der Waals surface area contributed by atoms with E-state index in [-0.39, 0.29) is 5.91 Å². The largest absolute Gasteiger partial charge is 0.338 e. The molecular weight excluding hydrogens is 178 g/mol. The van der Waals surface area contributed by atoms with Crippen molar-refractivity contribution in [3.63, 3.8) is 0 Å². The molecular formula is C10H21N3O. The molecule has 1 N–H and O–H groups in total. The van der Waals surface area contributed by atoms with Gasteiger partial charge in [-0.15, -0.1) is 0 Å². The molecule has 1 fully saturated rings. The van der Waals surface area contributed by atoms with Gasteiger partial charge in [-0.2, -0.15) is 0 Å². The number of carbonyl (C=O) groups is 1. The van der Waals surface area contributed by atoms with Crippen LogP contribution in [0.1, 0.15) is 13.3 Å². The predicted molar refractivity (Wildman–Crippen MR) is 57.2 cm³/mol. The predicted octanol–water partition coefficient (Wildman–Crippen LogP) is -0.242. The molecule has 4 nitrogen and oxygen atoms in total. The second kappa shape index (κ2) is 5.32. The lowest BCUT2D eigenvalue weighted by molar-refractivity contribution is -0.131. The van der Waals surface area contributed by atoms with Gasteiger partial charge in [0, 0.05) is 19.1 Å². The smallest absolute Gasteiger partial charge is 0.236 e. The van der Waals surface area contributed by atoms with Crippen molar-refractivity contribution in [1.82, 2.24) is 15.1 Å². The fourth-order valence-electron chi connectivity index (χ4n) is 2.00. The van der Waals surface area contributed by atoms with Crippen LogP contribution >= 0.6 is 0 Å². The van der Waals surface area contributed by atoms with Gasteiger partial charge in [0.2, 0.25) is 5.91 Å². The molecule has 14 heavy (non-hydrogen) atoms. The van der Waals surface area contributed by atoms with Gasteiger partial charge in [0.25, 0.3) is 0 Å². The first-order valence-electron chi connectivity index (χ1n) is 5.27. The van der Waals surface area contributed by atoms with E-state index in [1.54, 1.807) is 0 Å². The Labute approximate surface area is 86.2 Å². The molecule has 0 spiro atoms. The van der Waals surface area contributed by atoms with E-state index in [1.807, 2.05) is 11.9 Å². The van der Waals surface area contributed by atoms with Crippen molar-refractivity contribution < 1.29 is 4.79 Å².